The lowest BCUT2D eigenvalue weighted by Crippen LogP contribution is -2.54. The van der Waals surface area contributed by atoms with Crippen LogP contribution in [0.1, 0.15) is 54.1 Å². The number of fused-ring (bicyclic) bond motifs is 3. The number of rotatable bonds is 5. The maximum Gasteiger partial charge on any atom is 0.274 e. The van der Waals surface area contributed by atoms with Gasteiger partial charge in [0.1, 0.15) is 17.0 Å². The minimum absolute atomic E-state index is 0.0984. The molecule has 2 amide bonds. The number of likely N-dealkylation sites (tertiary alicyclic amines) is 1. The van der Waals surface area contributed by atoms with Crippen LogP contribution in [0.15, 0.2) is 24.4 Å². The molecule has 160 valence electrons. The Kier molecular flexibility index (Phi) is 4.61. The van der Waals surface area contributed by atoms with Gasteiger partial charge >= 0.3 is 0 Å². The highest BCUT2D eigenvalue weighted by atomic mass is 16.2. The number of amides is 2. The van der Waals surface area contributed by atoms with Crippen LogP contribution in [0.5, 0.6) is 0 Å². The number of nitrogens with two attached hydrogens (primary N) is 1. The van der Waals surface area contributed by atoms with Crippen molar-refractivity contribution in [3.05, 3.63) is 35.8 Å². The summed E-state index contributed by atoms with van der Waals surface area (Å²) in [5.74, 6) is 2.29. The van der Waals surface area contributed by atoms with Gasteiger partial charge in [0.25, 0.3) is 11.8 Å². The quantitative estimate of drug-likeness (QED) is 0.792. The Morgan fingerprint density at radius 1 is 1.27 bits per heavy atom. The summed E-state index contributed by atoms with van der Waals surface area (Å²) in [6.45, 7) is 7.41. The largest absolute Gasteiger partial charge is 0.350 e. The van der Waals surface area contributed by atoms with Crippen molar-refractivity contribution >= 4 is 17.5 Å². The number of carbonyl (C=O) groups is 2. The van der Waals surface area contributed by atoms with Gasteiger partial charge in [-0.15, -0.1) is 0 Å². The Labute approximate surface area is 177 Å². The zero-order valence-electron chi connectivity index (χ0n) is 17.8. The summed E-state index contributed by atoms with van der Waals surface area (Å²) >= 11 is 0. The fourth-order valence-corrected chi connectivity index (χ4v) is 5.87. The van der Waals surface area contributed by atoms with Gasteiger partial charge in [-0.2, -0.15) is 0 Å². The molecule has 0 unspecified atom stereocenters. The molecule has 2 aromatic rings. The Hall–Kier alpha value is -2.41. The lowest BCUT2D eigenvalue weighted by molar-refractivity contribution is -0.103. The van der Waals surface area contributed by atoms with Crippen LogP contribution >= 0.6 is 0 Å². The molecule has 0 spiro atoms. The molecule has 7 nitrogen and oxygen atoms in total. The second-order valence-corrected chi connectivity index (χ2v) is 9.99. The number of hydrogen-bond donors (Lipinski definition) is 2. The Bertz CT molecular complexity index is 989. The number of carbonyl (C=O) groups excluding carboxylic acids is 2. The molecule has 4 aliphatic rings. The van der Waals surface area contributed by atoms with Crippen LogP contribution < -0.4 is 11.1 Å². The van der Waals surface area contributed by atoms with Crippen molar-refractivity contribution in [1.29, 1.82) is 0 Å². The van der Waals surface area contributed by atoms with Crippen LogP contribution in [0.25, 0.3) is 5.65 Å². The smallest absolute Gasteiger partial charge is 0.274 e. The zero-order valence-corrected chi connectivity index (χ0v) is 17.8. The predicted molar refractivity (Wildman–Crippen MR) is 114 cm³/mol. The van der Waals surface area contributed by atoms with Gasteiger partial charge in [0.15, 0.2) is 0 Å². The molecule has 6 rings (SSSR count). The van der Waals surface area contributed by atoms with Gasteiger partial charge in [-0.1, -0.05) is 19.9 Å². The molecule has 4 fully saturated rings. The zero-order chi connectivity index (χ0) is 21.0. The van der Waals surface area contributed by atoms with E-state index in [1.807, 2.05) is 12.1 Å². The standard InChI is InChI=1S/C23H31N5O2/c1-23(2)16-7-6-15(17(23)8-16)10-25-21(29)19-4-3-5-20-26-18(13-28(19)20)22(30)27-11-14(9-24)12-27/h3-5,13-17H,6-12,24H2,1-2H3,(H,25,29)/t15-,16-,17+/m0/s1. The number of imidazole rings is 1. The van der Waals surface area contributed by atoms with Crippen LogP contribution in [0.4, 0.5) is 0 Å². The highest BCUT2D eigenvalue weighted by Crippen LogP contribution is 2.61. The topological polar surface area (TPSA) is 92.7 Å². The van der Waals surface area contributed by atoms with Crippen molar-refractivity contribution in [3.8, 4) is 0 Å². The molecule has 2 bridgehead atoms. The molecule has 3 heterocycles. The van der Waals surface area contributed by atoms with Crippen molar-refractivity contribution in [2.75, 3.05) is 26.2 Å². The third-order valence-corrected chi connectivity index (χ3v) is 8.05. The number of nitrogens with zero attached hydrogens (tertiary/aromatic N) is 3. The summed E-state index contributed by atoms with van der Waals surface area (Å²) in [6, 6.07) is 5.43. The molecule has 3 saturated carbocycles. The van der Waals surface area contributed by atoms with Crippen molar-refractivity contribution in [3.63, 3.8) is 0 Å². The van der Waals surface area contributed by atoms with E-state index in [0.717, 1.165) is 5.92 Å². The molecule has 0 aromatic carbocycles. The summed E-state index contributed by atoms with van der Waals surface area (Å²) in [4.78, 5) is 31.9. The van der Waals surface area contributed by atoms with E-state index in [9.17, 15) is 9.59 Å². The molecule has 0 radical (unpaired) electrons. The first-order valence-electron chi connectivity index (χ1n) is 11.1. The van der Waals surface area contributed by atoms with Gasteiger partial charge in [-0.05, 0) is 61.1 Å². The molecule has 3 atom stereocenters. The molecule has 30 heavy (non-hydrogen) atoms. The van der Waals surface area contributed by atoms with Crippen LogP contribution in [0.3, 0.4) is 0 Å². The number of hydrogen-bond acceptors (Lipinski definition) is 4. The Morgan fingerprint density at radius 2 is 2.07 bits per heavy atom. The molecule has 2 aromatic heterocycles. The fraction of sp³-hybridized carbons (Fsp3) is 0.609. The number of pyridine rings is 1. The summed E-state index contributed by atoms with van der Waals surface area (Å²) in [7, 11) is 0. The third kappa shape index (κ3) is 3.02. The third-order valence-electron chi connectivity index (χ3n) is 8.05. The SMILES string of the molecule is CC1(C)[C@H]2CC[C@@H](CNC(=O)c3cccc4nc(C(=O)N5CC(CN)C5)cn34)[C@H]1C2. The maximum atomic E-state index is 13.0. The minimum atomic E-state index is -0.108. The lowest BCUT2D eigenvalue weighted by atomic mass is 9.45. The second kappa shape index (κ2) is 7.08. The summed E-state index contributed by atoms with van der Waals surface area (Å²) < 4.78 is 1.73. The number of nitrogens with one attached hydrogen (secondary N) is 1. The highest BCUT2D eigenvalue weighted by Gasteiger charge is 2.53. The second-order valence-electron chi connectivity index (χ2n) is 9.99. The molecular weight excluding hydrogens is 378 g/mol. The van der Waals surface area contributed by atoms with Gasteiger partial charge in [0, 0.05) is 31.7 Å². The Balaban J connectivity index is 1.29. The van der Waals surface area contributed by atoms with E-state index >= 15 is 0 Å². The molecular formula is C23H31N5O2. The Morgan fingerprint density at radius 3 is 2.77 bits per heavy atom. The maximum absolute atomic E-state index is 13.0. The first-order valence-corrected chi connectivity index (χ1v) is 11.1. The first kappa shape index (κ1) is 19.5. The van der Waals surface area contributed by atoms with E-state index in [2.05, 4.69) is 24.1 Å². The van der Waals surface area contributed by atoms with E-state index in [0.29, 0.717) is 66.4 Å². The van der Waals surface area contributed by atoms with Crippen molar-refractivity contribution in [1.82, 2.24) is 19.6 Å². The van der Waals surface area contributed by atoms with Crippen molar-refractivity contribution in [2.24, 2.45) is 34.8 Å². The molecule has 1 saturated heterocycles. The normalized spacial score (nSPS) is 27.4. The van der Waals surface area contributed by atoms with Crippen molar-refractivity contribution in [2.45, 2.75) is 33.1 Å². The highest BCUT2D eigenvalue weighted by molar-refractivity contribution is 5.95. The average Bonchev–Trinajstić information content (AvgIpc) is 3.15. The van der Waals surface area contributed by atoms with Crippen molar-refractivity contribution < 1.29 is 9.59 Å². The minimum Gasteiger partial charge on any atom is -0.350 e. The van der Waals surface area contributed by atoms with E-state index in [1.54, 1.807) is 21.6 Å². The summed E-state index contributed by atoms with van der Waals surface area (Å²) in [5.41, 5.74) is 7.57. The molecule has 3 aliphatic carbocycles. The van der Waals surface area contributed by atoms with Crippen LogP contribution in [-0.4, -0.2) is 52.3 Å². The van der Waals surface area contributed by atoms with Crippen LogP contribution in [-0.2, 0) is 0 Å². The first-order chi connectivity index (χ1) is 14.4. The molecule has 3 N–H and O–H groups in total. The summed E-state index contributed by atoms with van der Waals surface area (Å²) in [5, 5.41) is 3.15. The van der Waals surface area contributed by atoms with Crippen LogP contribution in [0.2, 0.25) is 0 Å². The van der Waals surface area contributed by atoms with Gasteiger partial charge in [0.2, 0.25) is 0 Å². The van der Waals surface area contributed by atoms with E-state index in [1.165, 1.54) is 19.3 Å². The molecule has 7 heteroatoms. The van der Waals surface area contributed by atoms with Gasteiger partial charge in [-0.3, -0.25) is 14.0 Å². The molecule has 1 aliphatic heterocycles. The monoisotopic (exact) mass is 409 g/mol. The summed E-state index contributed by atoms with van der Waals surface area (Å²) in [6.07, 6.45) is 5.46. The van der Waals surface area contributed by atoms with Gasteiger partial charge in [0.05, 0.1) is 0 Å². The van der Waals surface area contributed by atoms with E-state index < -0.39 is 0 Å². The van der Waals surface area contributed by atoms with Gasteiger partial charge in [-0.25, -0.2) is 4.98 Å². The van der Waals surface area contributed by atoms with Gasteiger partial charge < -0.3 is 16.0 Å². The van der Waals surface area contributed by atoms with E-state index in [-0.39, 0.29) is 11.8 Å². The fourth-order valence-electron chi connectivity index (χ4n) is 5.87. The lowest BCUT2D eigenvalue weighted by Gasteiger charge is -2.60. The van der Waals surface area contributed by atoms with E-state index in [4.69, 9.17) is 5.73 Å². The number of aromatic nitrogens is 2. The average molecular weight is 410 g/mol. The predicted octanol–water partition coefficient (Wildman–Crippen LogP) is 2.17. The van der Waals surface area contributed by atoms with Crippen LogP contribution in [0, 0.1) is 29.1 Å².